The molecule has 1 N–H and O–H groups in total. The van der Waals surface area contributed by atoms with Crippen LogP contribution in [0.2, 0.25) is 10.0 Å². The zero-order chi connectivity index (χ0) is 32.7. The van der Waals surface area contributed by atoms with Crippen LogP contribution in [0.15, 0.2) is 102 Å². The highest BCUT2D eigenvalue weighted by Crippen LogP contribution is 2.30. The van der Waals surface area contributed by atoms with Gasteiger partial charge in [-0.25, -0.2) is 8.42 Å². The predicted octanol–water partition coefficient (Wildman–Crippen LogP) is 6.97. The molecule has 4 rings (SSSR count). The Balaban J connectivity index is 1.86. The molecule has 0 bridgehead atoms. The number of anilines is 1. The first-order valence-electron chi connectivity index (χ1n) is 14.6. The van der Waals surface area contributed by atoms with Crippen LogP contribution >= 0.6 is 23.2 Å². The van der Waals surface area contributed by atoms with Crippen molar-refractivity contribution in [1.82, 2.24) is 10.2 Å². The number of sulfonamides is 1. The smallest absolute Gasteiger partial charge is 0.264 e. The lowest BCUT2D eigenvalue weighted by molar-refractivity contribution is -0.140. The molecule has 0 aliphatic carbocycles. The van der Waals surface area contributed by atoms with Gasteiger partial charge < -0.3 is 10.2 Å². The third kappa shape index (κ3) is 8.45. The van der Waals surface area contributed by atoms with Crippen molar-refractivity contribution < 1.29 is 18.0 Å². The molecule has 0 aromatic heterocycles. The Labute approximate surface area is 275 Å². The van der Waals surface area contributed by atoms with E-state index < -0.39 is 28.5 Å². The lowest BCUT2D eigenvalue weighted by Crippen LogP contribution is -2.54. The minimum Gasteiger partial charge on any atom is -0.352 e. The Hall–Kier alpha value is -3.85. The maximum Gasteiger partial charge on any atom is 0.264 e. The second-order valence-electron chi connectivity index (χ2n) is 11.2. The molecule has 0 heterocycles. The summed E-state index contributed by atoms with van der Waals surface area (Å²) in [6, 6.07) is 26.6. The molecule has 0 unspecified atom stereocenters. The summed E-state index contributed by atoms with van der Waals surface area (Å²) < 4.78 is 29.5. The van der Waals surface area contributed by atoms with Crippen LogP contribution in [0.4, 0.5) is 5.69 Å². The summed E-state index contributed by atoms with van der Waals surface area (Å²) in [6.07, 6.45) is 0.183. The maximum atomic E-state index is 14.6. The van der Waals surface area contributed by atoms with Crippen molar-refractivity contribution in [2.45, 2.75) is 57.6 Å². The van der Waals surface area contributed by atoms with Gasteiger partial charge in [-0.1, -0.05) is 89.9 Å². The molecular weight excluding hydrogens is 629 g/mol. The topological polar surface area (TPSA) is 86.8 Å². The summed E-state index contributed by atoms with van der Waals surface area (Å²) >= 11 is 13.1. The van der Waals surface area contributed by atoms with E-state index in [1.165, 1.54) is 17.0 Å². The van der Waals surface area contributed by atoms with E-state index in [1.807, 2.05) is 63.2 Å². The van der Waals surface area contributed by atoms with Gasteiger partial charge in [-0.2, -0.15) is 0 Å². The number of amides is 2. The van der Waals surface area contributed by atoms with Crippen molar-refractivity contribution in [3.63, 3.8) is 0 Å². The zero-order valence-electron chi connectivity index (χ0n) is 25.7. The van der Waals surface area contributed by atoms with Gasteiger partial charge in [0.1, 0.15) is 12.6 Å². The predicted molar refractivity (Wildman–Crippen MR) is 181 cm³/mol. The average Bonchev–Trinajstić information content (AvgIpc) is 3.00. The molecule has 0 saturated heterocycles. The number of nitrogens with one attached hydrogen (secondary N) is 1. The van der Waals surface area contributed by atoms with Crippen LogP contribution in [0, 0.1) is 13.8 Å². The Morgan fingerprint density at radius 2 is 1.42 bits per heavy atom. The van der Waals surface area contributed by atoms with E-state index in [9.17, 15) is 18.0 Å². The lowest BCUT2D eigenvalue weighted by Gasteiger charge is -2.35. The summed E-state index contributed by atoms with van der Waals surface area (Å²) in [5.74, 6) is -0.971. The highest BCUT2D eigenvalue weighted by atomic mass is 35.5. The molecule has 2 amide bonds. The minimum atomic E-state index is -4.20. The molecule has 1 atom stereocenters. The van der Waals surface area contributed by atoms with Crippen LogP contribution in [-0.2, 0) is 32.6 Å². The molecule has 0 aliphatic heterocycles. The van der Waals surface area contributed by atoms with Crippen LogP contribution < -0.4 is 9.62 Å². The monoisotopic (exact) mass is 665 g/mol. The molecule has 0 fully saturated rings. The summed E-state index contributed by atoms with van der Waals surface area (Å²) in [6.45, 7) is 6.64. The number of hydrogen-bond donors (Lipinski definition) is 1. The van der Waals surface area contributed by atoms with Gasteiger partial charge in [0.2, 0.25) is 11.8 Å². The molecule has 0 aliphatic rings. The Bertz CT molecular complexity index is 1730. The molecule has 45 heavy (non-hydrogen) atoms. The fraction of sp³-hybridized carbons (Fsp3) is 0.257. The number of carbonyl (C=O) groups is 2. The molecular formula is C35H37Cl2N3O4S. The van der Waals surface area contributed by atoms with Crippen molar-refractivity contribution in [1.29, 1.82) is 0 Å². The maximum absolute atomic E-state index is 14.6. The summed E-state index contributed by atoms with van der Waals surface area (Å²) in [7, 11) is -4.20. The number of carbonyl (C=O) groups excluding carboxylic acids is 2. The van der Waals surface area contributed by atoms with Crippen LogP contribution in [-0.4, -0.2) is 43.8 Å². The van der Waals surface area contributed by atoms with Gasteiger partial charge in [-0.15, -0.1) is 0 Å². The number of halogens is 2. The Morgan fingerprint density at radius 1 is 0.822 bits per heavy atom. The van der Waals surface area contributed by atoms with E-state index in [0.29, 0.717) is 26.9 Å². The second-order valence-corrected chi connectivity index (χ2v) is 13.9. The molecule has 4 aromatic carbocycles. The number of hydrogen-bond acceptors (Lipinski definition) is 4. The fourth-order valence-corrected chi connectivity index (χ4v) is 7.02. The highest BCUT2D eigenvalue weighted by Gasteiger charge is 2.35. The Kier molecular flexibility index (Phi) is 11.3. The third-order valence-electron chi connectivity index (χ3n) is 7.34. The zero-order valence-corrected chi connectivity index (χ0v) is 28.0. The fourth-order valence-electron chi connectivity index (χ4n) is 5.01. The van der Waals surface area contributed by atoms with Crippen LogP contribution in [0.5, 0.6) is 0 Å². The van der Waals surface area contributed by atoms with E-state index >= 15 is 0 Å². The quantitative estimate of drug-likeness (QED) is 0.177. The van der Waals surface area contributed by atoms with Crippen LogP contribution in [0.25, 0.3) is 0 Å². The molecule has 4 aromatic rings. The summed E-state index contributed by atoms with van der Waals surface area (Å²) in [4.78, 5) is 29.9. The highest BCUT2D eigenvalue weighted by molar-refractivity contribution is 7.92. The normalized spacial score (nSPS) is 12.1. The molecule has 0 spiro atoms. The first kappa shape index (κ1) is 34.0. The van der Waals surface area contributed by atoms with Gasteiger partial charge in [0.15, 0.2) is 0 Å². The largest absolute Gasteiger partial charge is 0.352 e. The van der Waals surface area contributed by atoms with Gasteiger partial charge in [-0.05, 0) is 74.7 Å². The molecule has 0 saturated carbocycles. The van der Waals surface area contributed by atoms with Gasteiger partial charge in [0, 0.05) is 34.6 Å². The van der Waals surface area contributed by atoms with Gasteiger partial charge in [0.05, 0.1) is 10.6 Å². The molecule has 10 heteroatoms. The first-order chi connectivity index (χ1) is 21.4. The van der Waals surface area contributed by atoms with Gasteiger partial charge in [0.25, 0.3) is 10.0 Å². The van der Waals surface area contributed by atoms with E-state index in [4.69, 9.17) is 23.2 Å². The van der Waals surface area contributed by atoms with Crippen molar-refractivity contribution in [2.75, 3.05) is 10.8 Å². The number of nitrogens with zero attached hydrogens (tertiary/aromatic N) is 2. The van der Waals surface area contributed by atoms with E-state index in [0.717, 1.165) is 15.4 Å². The minimum absolute atomic E-state index is 0.0396. The van der Waals surface area contributed by atoms with E-state index in [-0.39, 0.29) is 29.8 Å². The van der Waals surface area contributed by atoms with Crippen molar-refractivity contribution >= 4 is 50.7 Å². The average molecular weight is 667 g/mol. The van der Waals surface area contributed by atoms with Crippen molar-refractivity contribution in [2.24, 2.45) is 0 Å². The van der Waals surface area contributed by atoms with E-state index in [1.54, 1.807) is 49.4 Å². The van der Waals surface area contributed by atoms with Gasteiger partial charge >= 0.3 is 0 Å². The second kappa shape index (κ2) is 15.0. The van der Waals surface area contributed by atoms with Crippen molar-refractivity contribution in [3.05, 3.63) is 129 Å². The third-order valence-corrected chi connectivity index (χ3v) is 9.82. The molecule has 7 nitrogen and oxygen atoms in total. The summed E-state index contributed by atoms with van der Waals surface area (Å²) in [5, 5.41) is 3.59. The molecule has 236 valence electrons. The number of benzene rings is 4. The standard InChI is InChI=1S/C35H37Cl2N3O4S/c1-24(2)38-35(42)33(21-27-12-7-5-8-13-27)39(22-29-30(36)16-11-17-31(29)37)34(41)23-40(32-20-25(3)18-19-26(32)4)45(43,44)28-14-9-6-10-15-28/h5-20,24,33H,21-23H2,1-4H3,(H,38,42)/t33-/m1/s1. The first-order valence-corrected chi connectivity index (χ1v) is 16.8. The summed E-state index contributed by atoms with van der Waals surface area (Å²) in [5.41, 5.74) is 3.15. The van der Waals surface area contributed by atoms with Crippen LogP contribution in [0.1, 0.15) is 36.1 Å². The Morgan fingerprint density at radius 3 is 2.02 bits per heavy atom. The van der Waals surface area contributed by atoms with Gasteiger partial charge in [-0.3, -0.25) is 13.9 Å². The molecule has 0 radical (unpaired) electrons. The number of aryl methyl sites for hydroxylation is 2. The van der Waals surface area contributed by atoms with Crippen molar-refractivity contribution in [3.8, 4) is 0 Å². The SMILES string of the molecule is Cc1ccc(C)c(N(CC(=O)N(Cc2c(Cl)cccc2Cl)[C@H](Cc2ccccc2)C(=O)NC(C)C)S(=O)(=O)c2ccccc2)c1. The van der Waals surface area contributed by atoms with Crippen LogP contribution in [0.3, 0.4) is 0 Å². The number of rotatable bonds is 12. The van der Waals surface area contributed by atoms with E-state index in [2.05, 4.69) is 5.32 Å². The lowest BCUT2D eigenvalue weighted by atomic mass is 10.0.